The van der Waals surface area contributed by atoms with Crippen LogP contribution < -0.4 is 5.32 Å². The van der Waals surface area contributed by atoms with Gasteiger partial charge in [0.05, 0.1) is 5.69 Å². The van der Waals surface area contributed by atoms with E-state index in [0.29, 0.717) is 31.2 Å². The van der Waals surface area contributed by atoms with Gasteiger partial charge >= 0.3 is 6.03 Å². The van der Waals surface area contributed by atoms with E-state index in [9.17, 15) is 4.79 Å². The second-order valence-corrected chi connectivity index (χ2v) is 6.66. The lowest BCUT2D eigenvalue weighted by Crippen LogP contribution is -2.39. The molecule has 0 aliphatic heterocycles. The maximum absolute atomic E-state index is 12.2. The number of nitrogens with one attached hydrogen (secondary N) is 1. The third-order valence-corrected chi connectivity index (χ3v) is 4.32. The molecule has 0 radical (unpaired) electrons. The van der Waals surface area contributed by atoms with E-state index < -0.39 is 0 Å². The van der Waals surface area contributed by atoms with Crippen molar-refractivity contribution >= 4 is 6.03 Å². The smallest absolute Gasteiger partial charge is 0.317 e. The molecular formula is C19H25N7O2. The Bertz CT molecular complexity index is 904. The van der Waals surface area contributed by atoms with Crippen LogP contribution in [0.1, 0.15) is 23.7 Å². The molecular weight excluding hydrogens is 358 g/mol. The number of aryl methyl sites for hydroxylation is 3. The quantitative estimate of drug-likeness (QED) is 0.640. The van der Waals surface area contributed by atoms with Crippen molar-refractivity contribution < 1.29 is 9.32 Å². The first-order valence-electron chi connectivity index (χ1n) is 9.26. The van der Waals surface area contributed by atoms with Crippen LogP contribution in [-0.4, -0.2) is 56.0 Å². The van der Waals surface area contributed by atoms with Crippen molar-refractivity contribution in [2.24, 2.45) is 0 Å². The number of carbonyl (C=O) groups is 1. The third-order valence-electron chi connectivity index (χ3n) is 4.32. The van der Waals surface area contributed by atoms with Crippen LogP contribution in [0, 0.1) is 13.8 Å². The van der Waals surface area contributed by atoms with Crippen LogP contribution in [0.2, 0.25) is 0 Å². The molecule has 3 rings (SSSR count). The van der Waals surface area contributed by atoms with E-state index in [4.69, 9.17) is 4.52 Å². The molecule has 9 heteroatoms. The molecule has 148 valence electrons. The summed E-state index contributed by atoms with van der Waals surface area (Å²) in [7, 11) is 1.78. The Morgan fingerprint density at radius 3 is 2.93 bits per heavy atom. The monoisotopic (exact) mass is 383 g/mol. The van der Waals surface area contributed by atoms with Crippen molar-refractivity contribution in [1.29, 1.82) is 0 Å². The van der Waals surface area contributed by atoms with Gasteiger partial charge in [0.15, 0.2) is 0 Å². The summed E-state index contributed by atoms with van der Waals surface area (Å²) in [5.74, 6) is 0.974. The number of aromatic nitrogens is 5. The van der Waals surface area contributed by atoms with Crippen molar-refractivity contribution in [2.75, 3.05) is 20.1 Å². The maximum Gasteiger partial charge on any atom is 0.317 e. The summed E-state index contributed by atoms with van der Waals surface area (Å²) in [6.07, 6.45) is 4.67. The third kappa shape index (κ3) is 5.15. The second-order valence-electron chi connectivity index (χ2n) is 6.66. The minimum absolute atomic E-state index is 0.125. The zero-order valence-electron chi connectivity index (χ0n) is 16.4. The van der Waals surface area contributed by atoms with Gasteiger partial charge in [0.2, 0.25) is 11.7 Å². The highest BCUT2D eigenvalue weighted by Gasteiger charge is 2.11. The molecule has 0 aliphatic rings. The van der Waals surface area contributed by atoms with Gasteiger partial charge in [0, 0.05) is 56.8 Å². The van der Waals surface area contributed by atoms with Crippen LogP contribution in [0.15, 0.2) is 35.1 Å². The number of hydrogen-bond acceptors (Lipinski definition) is 6. The second kappa shape index (κ2) is 9.12. The Morgan fingerprint density at radius 2 is 2.21 bits per heavy atom. The van der Waals surface area contributed by atoms with E-state index in [2.05, 4.69) is 25.5 Å². The minimum Gasteiger partial charge on any atom is -0.339 e. The molecule has 2 amide bonds. The van der Waals surface area contributed by atoms with Gasteiger partial charge in [-0.05, 0) is 38.5 Å². The van der Waals surface area contributed by atoms with E-state index in [1.165, 1.54) is 0 Å². The van der Waals surface area contributed by atoms with Gasteiger partial charge in [-0.2, -0.15) is 10.1 Å². The Balaban J connectivity index is 1.38. The molecule has 3 aromatic rings. The number of nitrogens with zero attached hydrogens (tertiary/aromatic N) is 6. The predicted molar refractivity (Wildman–Crippen MR) is 104 cm³/mol. The average Bonchev–Trinajstić information content (AvgIpc) is 3.28. The van der Waals surface area contributed by atoms with Crippen molar-refractivity contribution in [1.82, 2.24) is 35.1 Å². The fourth-order valence-electron chi connectivity index (χ4n) is 2.84. The molecule has 0 aromatic carbocycles. The first kappa shape index (κ1) is 19.5. The average molecular weight is 383 g/mol. The molecule has 1 N–H and O–H groups in total. The van der Waals surface area contributed by atoms with Crippen molar-refractivity contribution in [3.8, 4) is 11.4 Å². The Morgan fingerprint density at radius 1 is 1.36 bits per heavy atom. The summed E-state index contributed by atoms with van der Waals surface area (Å²) in [4.78, 5) is 22.2. The van der Waals surface area contributed by atoms with Crippen LogP contribution in [0.3, 0.4) is 0 Å². The summed E-state index contributed by atoms with van der Waals surface area (Å²) in [6.45, 7) is 5.88. The van der Waals surface area contributed by atoms with Crippen LogP contribution in [0.4, 0.5) is 4.79 Å². The normalized spacial score (nSPS) is 10.8. The zero-order valence-corrected chi connectivity index (χ0v) is 16.4. The van der Waals surface area contributed by atoms with Crippen molar-refractivity contribution in [3.05, 3.63) is 47.9 Å². The van der Waals surface area contributed by atoms with Gasteiger partial charge in [-0.25, -0.2) is 4.79 Å². The number of amides is 2. The Labute approximate surface area is 163 Å². The minimum atomic E-state index is -0.125. The number of hydrogen-bond donors (Lipinski definition) is 1. The first-order valence-corrected chi connectivity index (χ1v) is 9.26. The highest BCUT2D eigenvalue weighted by atomic mass is 16.5. The standard InChI is InChI=1S/C19H25N7O2/c1-14-12-15(2)26(23-14)11-5-10-25(3)19(27)21-9-7-17-22-18(24-28-17)16-6-4-8-20-13-16/h4,6,8,12-13H,5,7,9-11H2,1-3H3,(H,21,27). The van der Waals surface area contributed by atoms with Gasteiger partial charge in [-0.3, -0.25) is 9.67 Å². The molecule has 0 aliphatic carbocycles. The van der Waals surface area contributed by atoms with Gasteiger partial charge in [0.1, 0.15) is 0 Å². The number of rotatable bonds is 8. The highest BCUT2D eigenvalue weighted by Crippen LogP contribution is 2.13. The molecule has 0 saturated carbocycles. The van der Waals surface area contributed by atoms with E-state index in [1.807, 2.05) is 36.7 Å². The van der Waals surface area contributed by atoms with Gasteiger partial charge < -0.3 is 14.7 Å². The summed E-state index contributed by atoms with van der Waals surface area (Å²) < 4.78 is 7.19. The highest BCUT2D eigenvalue weighted by molar-refractivity contribution is 5.73. The van der Waals surface area contributed by atoms with E-state index in [0.717, 1.165) is 29.9 Å². The molecule has 3 aromatic heterocycles. The number of carbonyl (C=O) groups excluding carboxylic acids is 1. The molecule has 28 heavy (non-hydrogen) atoms. The molecule has 0 bridgehead atoms. The Hall–Kier alpha value is -3.23. The lowest BCUT2D eigenvalue weighted by molar-refractivity contribution is 0.207. The summed E-state index contributed by atoms with van der Waals surface area (Å²) in [5, 5.41) is 11.2. The molecule has 0 unspecified atom stereocenters. The number of pyridine rings is 1. The van der Waals surface area contributed by atoms with Crippen LogP contribution in [0.5, 0.6) is 0 Å². The lowest BCUT2D eigenvalue weighted by atomic mass is 10.3. The molecule has 0 spiro atoms. The fraction of sp³-hybridized carbons (Fsp3) is 0.421. The summed E-state index contributed by atoms with van der Waals surface area (Å²) >= 11 is 0. The predicted octanol–water partition coefficient (Wildman–Crippen LogP) is 2.22. The SMILES string of the molecule is Cc1cc(C)n(CCCN(C)C(=O)NCCc2nc(-c3cccnc3)no2)n1. The summed E-state index contributed by atoms with van der Waals surface area (Å²) in [6, 6.07) is 5.61. The van der Waals surface area contributed by atoms with Crippen LogP contribution in [0.25, 0.3) is 11.4 Å². The van der Waals surface area contributed by atoms with Gasteiger partial charge in [-0.15, -0.1) is 0 Å². The fourth-order valence-corrected chi connectivity index (χ4v) is 2.84. The van der Waals surface area contributed by atoms with Crippen LogP contribution >= 0.6 is 0 Å². The van der Waals surface area contributed by atoms with E-state index >= 15 is 0 Å². The zero-order chi connectivity index (χ0) is 19.9. The van der Waals surface area contributed by atoms with Crippen molar-refractivity contribution in [2.45, 2.75) is 33.2 Å². The summed E-state index contributed by atoms with van der Waals surface area (Å²) in [5.41, 5.74) is 2.94. The van der Waals surface area contributed by atoms with Crippen LogP contribution in [-0.2, 0) is 13.0 Å². The van der Waals surface area contributed by atoms with E-state index in [1.54, 1.807) is 24.3 Å². The Kier molecular flexibility index (Phi) is 6.36. The van der Waals surface area contributed by atoms with Gasteiger partial charge in [-0.1, -0.05) is 5.16 Å². The number of urea groups is 1. The maximum atomic E-state index is 12.2. The molecule has 0 fully saturated rings. The lowest BCUT2D eigenvalue weighted by Gasteiger charge is -2.17. The van der Waals surface area contributed by atoms with Crippen molar-refractivity contribution in [3.63, 3.8) is 0 Å². The van der Waals surface area contributed by atoms with E-state index in [-0.39, 0.29) is 6.03 Å². The molecule has 3 heterocycles. The largest absolute Gasteiger partial charge is 0.339 e. The molecule has 0 saturated heterocycles. The van der Waals surface area contributed by atoms with Gasteiger partial charge in [0.25, 0.3) is 0 Å². The molecule has 9 nitrogen and oxygen atoms in total. The first-order chi connectivity index (χ1) is 13.5. The topological polar surface area (TPSA) is 102 Å². The molecule has 0 atom stereocenters.